The van der Waals surface area contributed by atoms with E-state index >= 15 is 0 Å². The van der Waals surface area contributed by atoms with Crippen LogP contribution in [0.25, 0.3) is 10.6 Å². The lowest BCUT2D eigenvalue weighted by molar-refractivity contribution is 0.313. The third-order valence-electron chi connectivity index (χ3n) is 2.40. The van der Waals surface area contributed by atoms with Gasteiger partial charge in [0.2, 0.25) is 0 Å². The predicted molar refractivity (Wildman–Crippen MR) is 71.2 cm³/mol. The van der Waals surface area contributed by atoms with Gasteiger partial charge in [0.1, 0.15) is 5.75 Å². The van der Waals surface area contributed by atoms with Crippen LogP contribution in [-0.2, 0) is 6.54 Å². The Hall–Kier alpha value is -1.39. The van der Waals surface area contributed by atoms with Gasteiger partial charge in [-0.25, -0.2) is 0 Å². The molecule has 2 aromatic heterocycles. The molecule has 0 unspecified atom stereocenters. The first-order chi connectivity index (χ1) is 8.35. The Bertz CT molecular complexity index is 468. The molecule has 17 heavy (non-hydrogen) atoms. The molecule has 2 N–H and O–H groups in total. The summed E-state index contributed by atoms with van der Waals surface area (Å²) >= 11 is 1.67. The van der Waals surface area contributed by atoms with Crippen LogP contribution in [0.1, 0.15) is 18.9 Å². The van der Waals surface area contributed by atoms with Crippen molar-refractivity contribution in [3.63, 3.8) is 0 Å². The molecule has 0 saturated heterocycles. The minimum absolute atomic E-state index is 0.472. The molecule has 3 nitrogen and oxygen atoms in total. The van der Waals surface area contributed by atoms with Gasteiger partial charge in [-0.1, -0.05) is 13.0 Å². The van der Waals surface area contributed by atoms with Crippen molar-refractivity contribution in [1.82, 2.24) is 4.98 Å². The van der Waals surface area contributed by atoms with Crippen molar-refractivity contribution >= 4 is 11.3 Å². The predicted octanol–water partition coefficient (Wildman–Crippen LogP) is 3.06. The Kier molecular flexibility index (Phi) is 4.12. The number of thiophene rings is 1. The number of pyridine rings is 1. The van der Waals surface area contributed by atoms with Crippen LogP contribution < -0.4 is 10.5 Å². The number of nitrogens with two attached hydrogens (primary N) is 1. The van der Waals surface area contributed by atoms with E-state index in [-0.39, 0.29) is 0 Å². The van der Waals surface area contributed by atoms with Crippen molar-refractivity contribution in [3.05, 3.63) is 35.3 Å². The quantitative estimate of drug-likeness (QED) is 0.884. The van der Waals surface area contributed by atoms with Crippen molar-refractivity contribution in [2.24, 2.45) is 5.73 Å². The lowest BCUT2D eigenvalue weighted by Gasteiger charge is -2.10. The van der Waals surface area contributed by atoms with E-state index in [9.17, 15) is 0 Å². The molecule has 0 bridgehead atoms. The fourth-order valence-corrected chi connectivity index (χ4v) is 2.24. The van der Waals surface area contributed by atoms with Gasteiger partial charge in [-0.2, -0.15) is 0 Å². The molecule has 0 radical (unpaired) electrons. The van der Waals surface area contributed by atoms with E-state index in [4.69, 9.17) is 10.5 Å². The van der Waals surface area contributed by atoms with Crippen LogP contribution in [0.3, 0.4) is 0 Å². The lowest BCUT2D eigenvalue weighted by Crippen LogP contribution is -2.04. The number of aromatic nitrogens is 1. The largest absolute Gasteiger partial charge is 0.492 e. The Morgan fingerprint density at radius 1 is 1.47 bits per heavy atom. The molecule has 0 fully saturated rings. The zero-order valence-corrected chi connectivity index (χ0v) is 10.7. The lowest BCUT2D eigenvalue weighted by atomic mass is 10.2. The molecule has 2 heterocycles. The highest BCUT2D eigenvalue weighted by atomic mass is 32.1. The highest BCUT2D eigenvalue weighted by molar-refractivity contribution is 7.13. The molecule has 2 rings (SSSR count). The van der Waals surface area contributed by atoms with E-state index in [1.165, 1.54) is 0 Å². The monoisotopic (exact) mass is 248 g/mol. The van der Waals surface area contributed by atoms with Gasteiger partial charge in [0.05, 0.1) is 23.4 Å². The fraction of sp³-hybridized carbons (Fsp3) is 0.308. The van der Waals surface area contributed by atoms with E-state index in [1.54, 1.807) is 17.5 Å². The number of ether oxygens (including phenoxy) is 1. The maximum atomic E-state index is 5.74. The van der Waals surface area contributed by atoms with Crippen LogP contribution in [0, 0.1) is 0 Å². The number of hydrogen-bond acceptors (Lipinski definition) is 4. The van der Waals surface area contributed by atoms with Gasteiger partial charge in [-0.05, 0) is 23.9 Å². The molecule has 0 spiro atoms. The molecule has 2 aromatic rings. The summed E-state index contributed by atoms with van der Waals surface area (Å²) in [6.45, 7) is 3.25. The van der Waals surface area contributed by atoms with Crippen LogP contribution in [-0.4, -0.2) is 11.6 Å². The maximum Gasteiger partial charge on any atom is 0.142 e. The second-order valence-corrected chi connectivity index (χ2v) is 4.65. The van der Waals surface area contributed by atoms with Crippen LogP contribution in [0.15, 0.2) is 29.8 Å². The van der Waals surface area contributed by atoms with Crippen molar-refractivity contribution < 1.29 is 4.74 Å². The second-order valence-electron chi connectivity index (χ2n) is 3.71. The van der Waals surface area contributed by atoms with E-state index < -0.39 is 0 Å². The van der Waals surface area contributed by atoms with Gasteiger partial charge in [-0.3, -0.25) is 4.98 Å². The summed E-state index contributed by atoms with van der Waals surface area (Å²) in [5, 5.41) is 2.04. The molecule has 0 saturated carbocycles. The number of nitrogens with zero attached hydrogens (tertiary/aromatic N) is 1. The van der Waals surface area contributed by atoms with Crippen LogP contribution >= 0.6 is 11.3 Å². The van der Waals surface area contributed by atoms with E-state index in [0.717, 1.165) is 28.3 Å². The zero-order valence-electron chi connectivity index (χ0n) is 9.85. The van der Waals surface area contributed by atoms with Crippen molar-refractivity contribution in [2.45, 2.75) is 19.9 Å². The normalized spacial score (nSPS) is 10.5. The van der Waals surface area contributed by atoms with Crippen LogP contribution in [0.4, 0.5) is 0 Å². The van der Waals surface area contributed by atoms with Gasteiger partial charge in [-0.15, -0.1) is 11.3 Å². The summed E-state index contributed by atoms with van der Waals surface area (Å²) in [6, 6.07) is 6.09. The maximum absolute atomic E-state index is 5.74. The van der Waals surface area contributed by atoms with Crippen molar-refractivity contribution in [1.29, 1.82) is 0 Å². The van der Waals surface area contributed by atoms with Crippen molar-refractivity contribution in [2.75, 3.05) is 6.61 Å². The third kappa shape index (κ3) is 2.84. The summed E-state index contributed by atoms with van der Waals surface area (Å²) in [7, 11) is 0. The smallest absolute Gasteiger partial charge is 0.142 e. The SMILES string of the molecule is CCCOc1cnc(-c2cccs2)cc1CN. The van der Waals surface area contributed by atoms with Gasteiger partial charge in [0.25, 0.3) is 0 Å². The molecule has 0 amide bonds. The third-order valence-corrected chi connectivity index (χ3v) is 3.30. The minimum Gasteiger partial charge on any atom is -0.492 e. The Balaban J connectivity index is 2.27. The Morgan fingerprint density at radius 2 is 2.35 bits per heavy atom. The minimum atomic E-state index is 0.472. The molecule has 0 atom stereocenters. The number of hydrogen-bond donors (Lipinski definition) is 1. The summed E-state index contributed by atoms with van der Waals surface area (Å²) < 4.78 is 5.61. The average molecular weight is 248 g/mol. The standard InChI is InChI=1S/C13H16N2OS/c1-2-5-16-12-9-15-11(7-10(12)8-14)13-4-3-6-17-13/h3-4,6-7,9H,2,5,8,14H2,1H3. The number of rotatable bonds is 5. The fourth-order valence-electron chi connectivity index (χ4n) is 1.55. The summed E-state index contributed by atoms with van der Waals surface area (Å²) in [6.07, 6.45) is 2.75. The van der Waals surface area contributed by atoms with Gasteiger partial charge in [0, 0.05) is 12.1 Å². The highest BCUT2D eigenvalue weighted by Gasteiger charge is 2.07. The molecule has 0 aromatic carbocycles. The molecule has 0 aliphatic rings. The first-order valence-electron chi connectivity index (χ1n) is 5.70. The van der Waals surface area contributed by atoms with Crippen molar-refractivity contribution in [3.8, 4) is 16.3 Å². The molecule has 4 heteroatoms. The summed E-state index contributed by atoms with van der Waals surface area (Å²) in [5.41, 5.74) is 7.71. The van der Waals surface area contributed by atoms with Gasteiger partial charge < -0.3 is 10.5 Å². The summed E-state index contributed by atoms with van der Waals surface area (Å²) in [5.74, 6) is 0.801. The summed E-state index contributed by atoms with van der Waals surface area (Å²) in [4.78, 5) is 5.57. The molecule has 90 valence electrons. The van der Waals surface area contributed by atoms with Crippen LogP contribution in [0.2, 0.25) is 0 Å². The molecule has 0 aliphatic carbocycles. The molecule has 0 aliphatic heterocycles. The first-order valence-corrected chi connectivity index (χ1v) is 6.58. The van der Waals surface area contributed by atoms with Gasteiger partial charge >= 0.3 is 0 Å². The van der Waals surface area contributed by atoms with E-state index in [2.05, 4.69) is 18.0 Å². The van der Waals surface area contributed by atoms with E-state index in [0.29, 0.717) is 13.2 Å². The molecular weight excluding hydrogens is 232 g/mol. The highest BCUT2D eigenvalue weighted by Crippen LogP contribution is 2.27. The first kappa shape index (κ1) is 12.1. The van der Waals surface area contributed by atoms with Gasteiger partial charge in [0.15, 0.2) is 0 Å². The zero-order chi connectivity index (χ0) is 12.1. The Labute approximate surface area is 105 Å². The second kappa shape index (κ2) is 5.80. The molecular formula is C13H16N2OS. The average Bonchev–Trinajstić information content (AvgIpc) is 2.90. The van der Waals surface area contributed by atoms with E-state index in [1.807, 2.05) is 17.5 Å². The Morgan fingerprint density at radius 3 is 3.00 bits per heavy atom. The van der Waals surface area contributed by atoms with Crippen LogP contribution in [0.5, 0.6) is 5.75 Å². The topological polar surface area (TPSA) is 48.1 Å².